The number of aliphatic hydroxyl groups excluding tert-OH is 1. The first-order valence-electron chi connectivity index (χ1n) is 5.80. The Labute approximate surface area is 116 Å². The Bertz CT molecular complexity index is 316. The van der Waals surface area contributed by atoms with Crippen molar-refractivity contribution in [2.24, 2.45) is 5.92 Å². The van der Waals surface area contributed by atoms with Crippen molar-refractivity contribution in [2.45, 2.75) is 44.2 Å². The van der Waals surface area contributed by atoms with Gasteiger partial charge >= 0.3 is 12.1 Å². The van der Waals surface area contributed by atoms with E-state index < -0.39 is 37.2 Å². The summed E-state index contributed by atoms with van der Waals surface area (Å²) in [6.45, 7) is 5.43. The minimum Gasteiger partial charge on any atom is -0.459 e. The van der Waals surface area contributed by atoms with Crippen LogP contribution >= 0.6 is 12.6 Å². The lowest BCUT2D eigenvalue weighted by atomic mass is 9.99. The van der Waals surface area contributed by atoms with E-state index in [9.17, 15) is 18.0 Å². The SMILES string of the molecule is C=C(C)C(=O)OC(CC(C)S)CC(CO)C(F)(F)F. The standard InChI is InChI=1S/C12H19F3O3S/c1-7(2)11(17)18-10(4-8(3)19)5-9(6-16)12(13,14)15/h8-10,16,19H,1,4-6H2,2-3H3. The quantitative estimate of drug-likeness (QED) is 0.432. The summed E-state index contributed by atoms with van der Waals surface area (Å²) in [5.74, 6) is -2.65. The summed E-state index contributed by atoms with van der Waals surface area (Å²) in [4.78, 5) is 11.4. The van der Waals surface area contributed by atoms with Crippen LogP contribution in [0.1, 0.15) is 26.7 Å². The summed E-state index contributed by atoms with van der Waals surface area (Å²) < 4.78 is 42.7. The third-order valence-corrected chi connectivity index (χ3v) is 2.67. The van der Waals surface area contributed by atoms with Crippen LogP contribution in [0.3, 0.4) is 0 Å². The molecule has 19 heavy (non-hydrogen) atoms. The molecule has 0 aliphatic carbocycles. The molecule has 0 saturated heterocycles. The summed E-state index contributed by atoms with van der Waals surface area (Å²) in [5.41, 5.74) is 0.115. The summed E-state index contributed by atoms with van der Waals surface area (Å²) >= 11 is 4.08. The topological polar surface area (TPSA) is 46.5 Å². The number of carbonyl (C=O) groups excluding carboxylic acids is 1. The molecule has 7 heteroatoms. The highest BCUT2D eigenvalue weighted by atomic mass is 32.1. The summed E-state index contributed by atoms with van der Waals surface area (Å²) in [7, 11) is 0. The van der Waals surface area contributed by atoms with Gasteiger partial charge in [-0.3, -0.25) is 0 Å². The van der Waals surface area contributed by atoms with Gasteiger partial charge in [0.25, 0.3) is 0 Å². The van der Waals surface area contributed by atoms with Crippen LogP contribution in [-0.4, -0.2) is 35.2 Å². The molecule has 3 unspecified atom stereocenters. The zero-order chi connectivity index (χ0) is 15.2. The lowest BCUT2D eigenvalue weighted by Crippen LogP contribution is -2.33. The zero-order valence-electron chi connectivity index (χ0n) is 10.9. The summed E-state index contributed by atoms with van der Waals surface area (Å²) in [6, 6.07) is 0. The van der Waals surface area contributed by atoms with Crippen molar-refractivity contribution >= 4 is 18.6 Å². The molecule has 3 atom stereocenters. The van der Waals surface area contributed by atoms with Crippen LogP contribution < -0.4 is 0 Å². The van der Waals surface area contributed by atoms with Crippen LogP contribution in [0.5, 0.6) is 0 Å². The number of alkyl halides is 3. The van der Waals surface area contributed by atoms with E-state index in [0.29, 0.717) is 0 Å². The second-order valence-electron chi connectivity index (χ2n) is 4.55. The Morgan fingerprint density at radius 2 is 1.95 bits per heavy atom. The van der Waals surface area contributed by atoms with Crippen LogP contribution in [0, 0.1) is 5.92 Å². The summed E-state index contributed by atoms with van der Waals surface area (Å²) in [6.07, 6.45) is -5.78. The fourth-order valence-corrected chi connectivity index (χ4v) is 1.69. The Kier molecular flexibility index (Phi) is 7.51. The number of carbonyl (C=O) groups is 1. The van der Waals surface area contributed by atoms with Crippen LogP contribution in [0.15, 0.2) is 12.2 Å². The molecule has 0 heterocycles. The van der Waals surface area contributed by atoms with Gasteiger partial charge in [0, 0.05) is 10.8 Å². The molecule has 0 bridgehead atoms. The maximum Gasteiger partial charge on any atom is 0.394 e. The molecule has 0 rings (SSSR count). The van der Waals surface area contributed by atoms with E-state index in [1.165, 1.54) is 6.92 Å². The molecule has 0 aliphatic rings. The Morgan fingerprint density at radius 1 is 1.42 bits per heavy atom. The van der Waals surface area contributed by atoms with Crippen molar-refractivity contribution < 1.29 is 27.8 Å². The molecular formula is C12H19F3O3S. The van der Waals surface area contributed by atoms with Gasteiger partial charge in [-0.05, 0) is 19.8 Å². The highest BCUT2D eigenvalue weighted by Gasteiger charge is 2.41. The molecule has 0 amide bonds. The van der Waals surface area contributed by atoms with Crippen LogP contribution in [-0.2, 0) is 9.53 Å². The smallest absolute Gasteiger partial charge is 0.394 e. The van der Waals surface area contributed by atoms with Gasteiger partial charge in [0.15, 0.2) is 0 Å². The molecule has 1 N–H and O–H groups in total. The van der Waals surface area contributed by atoms with Crippen LogP contribution in [0.4, 0.5) is 13.2 Å². The first kappa shape index (κ1) is 18.3. The first-order valence-corrected chi connectivity index (χ1v) is 6.31. The van der Waals surface area contributed by atoms with Gasteiger partial charge in [0.05, 0.1) is 12.5 Å². The minimum atomic E-state index is -4.53. The van der Waals surface area contributed by atoms with E-state index >= 15 is 0 Å². The number of hydrogen-bond acceptors (Lipinski definition) is 4. The van der Waals surface area contributed by atoms with E-state index in [-0.39, 0.29) is 17.2 Å². The molecule has 0 radical (unpaired) electrons. The molecule has 0 fully saturated rings. The molecule has 0 aromatic carbocycles. The van der Waals surface area contributed by atoms with E-state index in [1.54, 1.807) is 6.92 Å². The van der Waals surface area contributed by atoms with Crippen molar-refractivity contribution in [1.29, 1.82) is 0 Å². The average molecular weight is 300 g/mol. The molecule has 112 valence electrons. The molecule has 0 aromatic rings. The molecule has 0 spiro atoms. The van der Waals surface area contributed by atoms with Gasteiger partial charge in [-0.2, -0.15) is 25.8 Å². The normalized spacial score (nSPS) is 16.6. The Morgan fingerprint density at radius 3 is 2.26 bits per heavy atom. The van der Waals surface area contributed by atoms with Gasteiger partial charge in [0.2, 0.25) is 0 Å². The lowest BCUT2D eigenvalue weighted by Gasteiger charge is -2.25. The average Bonchev–Trinajstić information content (AvgIpc) is 2.22. The molecule has 0 saturated carbocycles. The van der Waals surface area contributed by atoms with Crippen molar-refractivity contribution in [3.05, 3.63) is 12.2 Å². The van der Waals surface area contributed by atoms with Gasteiger partial charge in [-0.1, -0.05) is 13.5 Å². The van der Waals surface area contributed by atoms with Crippen LogP contribution in [0.2, 0.25) is 0 Å². The number of rotatable bonds is 7. The molecule has 0 aliphatic heterocycles. The third-order valence-electron chi connectivity index (χ3n) is 2.46. The van der Waals surface area contributed by atoms with Gasteiger partial charge in [0.1, 0.15) is 6.10 Å². The highest BCUT2D eigenvalue weighted by Crippen LogP contribution is 2.31. The largest absolute Gasteiger partial charge is 0.459 e. The molecule has 3 nitrogen and oxygen atoms in total. The fraction of sp³-hybridized carbons (Fsp3) is 0.750. The first-order chi connectivity index (χ1) is 8.57. The number of halogens is 3. The van der Waals surface area contributed by atoms with E-state index in [2.05, 4.69) is 19.2 Å². The number of hydrogen-bond donors (Lipinski definition) is 2. The number of aliphatic hydroxyl groups is 1. The third kappa shape index (κ3) is 7.47. The van der Waals surface area contributed by atoms with E-state index in [4.69, 9.17) is 9.84 Å². The van der Waals surface area contributed by atoms with Crippen molar-refractivity contribution in [1.82, 2.24) is 0 Å². The lowest BCUT2D eigenvalue weighted by molar-refractivity contribution is -0.194. The van der Waals surface area contributed by atoms with Crippen molar-refractivity contribution in [3.63, 3.8) is 0 Å². The van der Waals surface area contributed by atoms with Crippen molar-refractivity contribution in [3.8, 4) is 0 Å². The minimum absolute atomic E-state index is 0.115. The zero-order valence-corrected chi connectivity index (χ0v) is 11.8. The Hall–Kier alpha value is -0.690. The van der Waals surface area contributed by atoms with Gasteiger partial charge < -0.3 is 9.84 Å². The number of esters is 1. The van der Waals surface area contributed by atoms with Crippen LogP contribution in [0.25, 0.3) is 0 Å². The van der Waals surface area contributed by atoms with E-state index in [0.717, 1.165) is 0 Å². The molecule has 0 aromatic heterocycles. The number of thiol groups is 1. The van der Waals surface area contributed by atoms with Gasteiger partial charge in [-0.25, -0.2) is 4.79 Å². The fourth-order valence-electron chi connectivity index (χ4n) is 1.45. The predicted octanol–water partition coefficient (Wildman–Crippen LogP) is 2.74. The second kappa shape index (κ2) is 7.79. The highest BCUT2D eigenvalue weighted by molar-refractivity contribution is 7.80. The maximum atomic E-state index is 12.6. The Balaban J connectivity index is 4.75. The summed E-state index contributed by atoms with van der Waals surface area (Å²) in [5, 5.41) is 8.56. The predicted molar refractivity (Wildman–Crippen MR) is 69.0 cm³/mol. The molecular weight excluding hydrogens is 281 g/mol. The second-order valence-corrected chi connectivity index (χ2v) is 5.43. The van der Waals surface area contributed by atoms with Crippen molar-refractivity contribution in [2.75, 3.05) is 6.61 Å². The number of ether oxygens (including phenoxy) is 1. The maximum absolute atomic E-state index is 12.6. The van der Waals surface area contributed by atoms with E-state index in [1.807, 2.05) is 0 Å². The van der Waals surface area contributed by atoms with Gasteiger partial charge in [-0.15, -0.1) is 0 Å². The monoisotopic (exact) mass is 300 g/mol.